The quantitative estimate of drug-likeness (QED) is 0.739. The van der Waals surface area contributed by atoms with E-state index in [4.69, 9.17) is 17.3 Å². The van der Waals surface area contributed by atoms with E-state index < -0.39 is 11.6 Å². The lowest BCUT2D eigenvalue weighted by atomic mass is 10.2. The van der Waals surface area contributed by atoms with Crippen LogP contribution in [0, 0.1) is 11.6 Å². The summed E-state index contributed by atoms with van der Waals surface area (Å²) in [6.07, 6.45) is 0. The molecule has 21 heavy (non-hydrogen) atoms. The van der Waals surface area contributed by atoms with Gasteiger partial charge in [0.25, 0.3) is 0 Å². The number of hydrogen-bond acceptors (Lipinski definition) is 4. The van der Waals surface area contributed by atoms with Crippen molar-refractivity contribution in [3.8, 4) is 17.1 Å². The Balaban J connectivity index is 2.17. The van der Waals surface area contributed by atoms with Gasteiger partial charge in [-0.15, -0.1) is 5.10 Å². The van der Waals surface area contributed by atoms with Gasteiger partial charge in [-0.05, 0) is 40.8 Å². The average molecular weight is 308 g/mol. The van der Waals surface area contributed by atoms with Gasteiger partial charge in [-0.1, -0.05) is 11.6 Å². The molecule has 2 aromatic carbocycles. The van der Waals surface area contributed by atoms with Gasteiger partial charge in [-0.3, -0.25) is 0 Å². The van der Waals surface area contributed by atoms with E-state index in [1.54, 1.807) is 18.2 Å². The molecular weight excluding hydrogens is 300 g/mol. The van der Waals surface area contributed by atoms with Crippen LogP contribution >= 0.6 is 11.6 Å². The fourth-order valence-electron chi connectivity index (χ4n) is 1.86. The van der Waals surface area contributed by atoms with E-state index in [9.17, 15) is 8.78 Å². The van der Waals surface area contributed by atoms with E-state index in [0.717, 1.165) is 22.9 Å². The van der Waals surface area contributed by atoms with Crippen LogP contribution in [0.2, 0.25) is 5.02 Å². The summed E-state index contributed by atoms with van der Waals surface area (Å²) >= 11 is 5.85. The van der Waals surface area contributed by atoms with Gasteiger partial charge in [0, 0.05) is 11.6 Å². The third-order valence-electron chi connectivity index (χ3n) is 2.86. The highest BCUT2D eigenvalue weighted by Gasteiger charge is 2.15. The van der Waals surface area contributed by atoms with Crippen molar-refractivity contribution < 1.29 is 8.78 Å². The Hall–Kier alpha value is -2.54. The Morgan fingerprint density at radius 1 is 1.10 bits per heavy atom. The molecule has 0 bridgehead atoms. The normalized spacial score (nSPS) is 10.8. The second-order valence-corrected chi connectivity index (χ2v) is 4.65. The van der Waals surface area contributed by atoms with E-state index >= 15 is 0 Å². The summed E-state index contributed by atoms with van der Waals surface area (Å²) < 4.78 is 28.2. The molecule has 0 spiro atoms. The summed E-state index contributed by atoms with van der Waals surface area (Å²) in [5.41, 5.74) is 6.50. The molecular formula is C13H8ClF2N5. The molecule has 5 nitrogen and oxygen atoms in total. The second-order valence-electron chi connectivity index (χ2n) is 4.25. The van der Waals surface area contributed by atoms with Crippen molar-refractivity contribution in [2.24, 2.45) is 0 Å². The number of aromatic nitrogens is 4. The van der Waals surface area contributed by atoms with Gasteiger partial charge in [0.1, 0.15) is 17.3 Å². The van der Waals surface area contributed by atoms with Crippen LogP contribution in [0.3, 0.4) is 0 Å². The first-order valence-corrected chi connectivity index (χ1v) is 6.23. The maximum Gasteiger partial charge on any atom is 0.187 e. The minimum atomic E-state index is -0.646. The Bertz CT molecular complexity index is 818. The lowest BCUT2D eigenvalue weighted by Gasteiger charge is -2.07. The number of hydrogen-bond donors (Lipinski definition) is 1. The molecule has 1 aromatic heterocycles. The van der Waals surface area contributed by atoms with Crippen LogP contribution < -0.4 is 5.73 Å². The van der Waals surface area contributed by atoms with Gasteiger partial charge in [0.2, 0.25) is 0 Å². The molecule has 0 fully saturated rings. The monoisotopic (exact) mass is 307 g/mol. The van der Waals surface area contributed by atoms with Crippen LogP contribution in [-0.2, 0) is 0 Å². The maximum absolute atomic E-state index is 13.8. The van der Waals surface area contributed by atoms with Gasteiger partial charge in [0.05, 0.1) is 10.7 Å². The molecule has 8 heteroatoms. The molecule has 0 unspecified atom stereocenters. The number of benzene rings is 2. The van der Waals surface area contributed by atoms with Crippen molar-refractivity contribution in [2.75, 3.05) is 5.73 Å². The molecule has 0 radical (unpaired) electrons. The highest BCUT2D eigenvalue weighted by atomic mass is 35.5. The Kier molecular flexibility index (Phi) is 3.26. The number of halogens is 3. The largest absolute Gasteiger partial charge is 0.398 e. The number of nitrogens with zero attached hydrogens (tertiary/aromatic N) is 4. The second kappa shape index (κ2) is 5.10. The molecule has 3 rings (SSSR count). The highest BCUT2D eigenvalue weighted by molar-refractivity contribution is 6.33. The topological polar surface area (TPSA) is 69.6 Å². The van der Waals surface area contributed by atoms with Crippen molar-refractivity contribution in [1.82, 2.24) is 20.2 Å². The van der Waals surface area contributed by atoms with Gasteiger partial charge in [0.15, 0.2) is 5.82 Å². The van der Waals surface area contributed by atoms with Crippen LogP contribution in [0.5, 0.6) is 0 Å². The molecule has 0 aliphatic rings. The van der Waals surface area contributed by atoms with Gasteiger partial charge < -0.3 is 5.73 Å². The van der Waals surface area contributed by atoms with Crippen LogP contribution in [-0.4, -0.2) is 20.2 Å². The van der Waals surface area contributed by atoms with Gasteiger partial charge in [-0.2, -0.15) is 4.68 Å². The average Bonchev–Trinajstić information content (AvgIpc) is 2.93. The number of tetrazole rings is 1. The number of nitrogens with two attached hydrogens (primary N) is 1. The maximum atomic E-state index is 13.8. The zero-order chi connectivity index (χ0) is 15.0. The van der Waals surface area contributed by atoms with Crippen LogP contribution in [0.15, 0.2) is 36.4 Å². The Morgan fingerprint density at radius 2 is 1.90 bits per heavy atom. The minimum Gasteiger partial charge on any atom is -0.398 e. The molecule has 2 N–H and O–H groups in total. The number of anilines is 1. The van der Waals surface area contributed by atoms with Crippen molar-refractivity contribution in [1.29, 1.82) is 0 Å². The SMILES string of the molecule is Nc1cc(-c2nnnn2-c2cc(F)ccc2F)ccc1Cl. The predicted molar refractivity (Wildman–Crippen MR) is 73.9 cm³/mol. The zero-order valence-electron chi connectivity index (χ0n) is 10.5. The lowest BCUT2D eigenvalue weighted by molar-refractivity contribution is 0.584. The number of rotatable bonds is 2. The molecule has 0 saturated carbocycles. The third-order valence-corrected chi connectivity index (χ3v) is 3.20. The summed E-state index contributed by atoms with van der Waals surface area (Å²) in [7, 11) is 0. The van der Waals surface area contributed by atoms with Crippen molar-refractivity contribution in [3.63, 3.8) is 0 Å². The summed E-state index contributed by atoms with van der Waals surface area (Å²) in [6, 6.07) is 7.80. The zero-order valence-corrected chi connectivity index (χ0v) is 11.2. The first kappa shape index (κ1) is 13.4. The van der Waals surface area contributed by atoms with Crippen molar-refractivity contribution >= 4 is 17.3 Å². The van der Waals surface area contributed by atoms with Crippen LogP contribution in [0.25, 0.3) is 17.1 Å². The first-order chi connectivity index (χ1) is 10.1. The molecule has 1 heterocycles. The van der Waals surface area contributed by atoms with Crippen LogP contribution in [0.1, 0.15) is 0 Å². The molecule has 0 atom stereocenters. The van der Waals surface area contributed by atoms with E-state index in [0.29, 0.717) is 16.3 Å². The smallest absolute Gasteiger partial charge is 0.187 e. The fourth-order valence-corrected chi connectivity index (χ4v) is 1.98. The van der Waals surface area contributed by atoms with Gasteiger partial charge >= 0.3 is 0 Å². The fraction of sp³-hybridized carbons (Fsp3) is 0. The molecule has 0 aliphatic heterocycles. The van der Waals surface area contributed by atoms with Crippen molar-refractivity contribution in [3.05, 3.63) is 53.1 Å². The predicted octanol–water partition coefficient (Wildman–Crippen LogP) is 2.84. The molecule has 106 valence electrons. The van der Waals surface area contributed by atoms with E-state index in [-0.39, 0.29) is 11.5 Å². The van der Waals surface area contributed by atoms with E-state index in [2.05, 4.69) is 15.5 Å². The summed E-state index contributed by atoms with van der Waals surface area (Å²) in [6.45, 7) is 0. The Morgan fingerprint density at radius 3 is 2.67 bits per heavy atom. The summed E-state index contributed by atoms with van der Waals surface area (Å²) in [5.74, 6) is -1.02. The molecule has 0 saturated heterocycles. The minimum absolute atomic E-state index is 0.0940. The lowest BCUT2D eigenvalue weighted by Crippen LogP contribution is -2.03. The van der Waals surface area contributed by atoms with Crippen molar-refractivity contribution in [2.45, 2.75) is 0 Å². The van der Waals surface area contributed by atoms with E-state index in [1.165, 1.54) is 0 Å². The summed E-state index contributed by atoms with van der Waals surface area (Å²) in [5, 5.41) is 11.4. The Labute approximate surface area is 123 Å². The standard InChI is InChI=1S/C13H8ClF2N5/c14-9-3-1-7(5-11(9)17)13-18-19-20-21(13)12-6-8(15)2-4-10(12)16/h1-6H,17H2. The third kappa shape index (κ3) is 2.43. The van der Waals surface area contributed by atoms with E-state index in [1.807, 2.05) is 0 Å². The molecule has 0 amide bonds. The molecule has 0 aliphatic carbocycles. The molecule has 3 aromatic rings. The van der Waals surface area contributed by atoms with Gasteiger partial charge in [-0.25, -0.2) is 8.78 Å². The highest BCUT2D eigenvalue weighted by Crippen LogP contribution is 2.27. The number of nitrogen functional groups attached to an aromatic ring is 1. The summed E-state index contributed by atoms with van der Waals surface area (Å²) in [4.78, 5) is 0. The first-order valence-electron chi connectivity index (χ1n) is 5.85. The van der Waals surface area contributed by atoms with Crippen LogP contribution in [0.4, 0.5) is 14.5 Å².